The van der Waals surface area contributed by atoms with E-state index in [1.807, 2.05) is 0 Å². The van der Waals surface area contributed by atoms with Gasteiger partial charge in [-0.3, -0.25) is 4.79 Å². The molecule has 2 atom stereocenters. The Morgan fingerprint density at radius 3 is 2.14 bits per heavy atom. The molecule has 7 nitrogen and oxygen atoms in total. The van der Waals surface area contributed by atoms with Crippen LogP contribution in [0.2, 0.25) is 0 Å². The molecule has 0 aromatic heterocycles. The lowest BCUT2D eigenvalue weighted by atomic mass is 10.2. The topological polar surface area (TPSA) is 133 Å². The number of nitrogens with two attached hydrogens (primary N) is 2. The zero-order valence-corrected chi connectivity index (χ0v) is 7.60. The van der Waals surface area contributed by atoms with Gasteiger partial charge >= 0.3 is 17.9 Å². The average molecular weight is 204 g/mol. The first kappa shape index (κ1) is 12.5. The van der Waals surface area contributed by atoms with Crippen LogP contribution in [0, 0.1) is 0 Å². The van der Waals surface area contributed by atoms with Crippen molar-refractivity contribution in [2.45, 2.75) is 25.4 Å². The summed E-state index contributed by atoms with van der Waals surface area (Å²) < 4.78 is 4.18. The van der Waals surface area contributed by atoms with Crippen molar-refractivity contribution >= 4 is 17.9 Å². The molecule has 7 heteroatoms. The lowest BCUT2D eigenvalue weighted by Gasteiger charge is -2.09. The Kier molecular flexibility index (Phi) is 4.74. The summed E-state index contributed by atoms with van der Waals surface area (Å²) in [6.07, 6.45) is -0.592. The minimum absolute atomic E-state index is 0.592. The summed E-state index contributed by atoms with van der Waals surface area (Å²) in [5.41, 5.74) is 10.2. The van der Waals surface area contributed by atoms with Gasteiger partial charge in [0.2, 0.25) is 0 Å². The maximum absolute atomic E-state index is 10.9. The highest BCUT2D eigenvalue weighted by Crippen LogP contribution is 1.94. The first-order valence-corrected chi connectivity index (χ1v) is 3.83. The predicted molar refractivity (Wildman–Crippen MR) is 45.0 cm³/mol. The largest absolute Gasteiger partial charge is 0.481 e. The molecule has 0 bridgehead atoms. The first-order valence-electron chi connectivity index (χ1n) is 3.83. The van der Waals surface area contributed by atoms with Crippen molar-refractivity contribution < 1.29 is 24.2 Å². The van der Waals surface area contributed by atoms with Crippen molar-refractivity contribution in [2.24, 2.45) is 11.5 Å². The van der Waals surface area contributed by atoms with Gasteiger partial charge in [-0.25, -0.2) is 9.59 Å². The van der Waals surface area contributed by atoms with Gasteiger partial charge in [-0.2, -0.15) is 0 Å². The van der Waals surface area contributed by atoms with Crippen molar-refractivity contribution in [3.63, 3.8) is 0 Å². The fraction of sp³-hybridized carbons (Fsp3) is 0.571. The summed E-state index contributed by atoms with van der Waals surface area (Å²) in [4.78, 5) is 31.8. The van der Waals surface area contributed by atoms with Crippen molar-refractivity contribution in [1.29, 1.82) is 0 Å². The van der Waals surface area contributed by atoms with Crippen LogP contribution in [0.3, 0.4) is 0 Å². The van der Waals surface area contributed by atoms with Crippen LogP contribution in [0.15, 0.2) is 0 Å². The highest BCUT2D eigenvalue weighted by molar-refractivity contribution is 5.92. The molecule has 0 aromatic carbocycles. The van der Waals surface area contributed by atoms with E-state index < -0.39 is 36.4 Å². The molecule has 0 unspecified atom stereocenters. The molecule has 0 heterocycles. The van der Waals surface area contributed by atoms with Crippen LogP contribution in [-0.4, -0.2) is 35.1 Å². The number of carboxylic acid groups (broad SMARTS) is 1. The van der Waals surface area contributed by atoms with Crippen molar-refractivity contribution in [1.82, 2.24) is 0 Å². The Hall–Kier alpha value is -1.47. The van der Waals surface area contributed by atoms with Gasteiger partial charge in [-0.1, -0.05) is 0 Å². The van der Waals surface area contributed by atoms with E-state index in [2.05, 4.69) is 4.74 Å². The van der Waals surface area contributed by atoms with Gasteiger partial charge in [0.25, 0.3) is 0 Å². The molecule has 0 saturated carbocycles. The zero-order valence-electron chi connectivity index (χ0n) is 7.60. The van der Waals surface area contributed by atoms with Crippen LogP contribution in [0.5, 0.6) is 0 Å². The van der Waals surface area contributed by atoms with Gasteiger partial charge in [-0.05, 0) is 6.92 Å². The number of carbonyl (C=O) groups is 3. The van der Waals surface area contributed by atoms with Crippen molar-refractivity contribution in [3.05, 3.63) is 0 Å². The van der Waals surface area contributed by atoms with E-state index in [0.717, 1.165) is 0 Å². The summed E-state index contributed by atoms with van der Waals surface area (Å²) in [7, 11) is 0. The minimum Gasteiger partial charge on any atom is -0.481 e. The third-order valence-corrected chi connectivity index (χ3v) is 1.27. The third-order valence-electron chi connectivity index (χ3n) is 1.27. The number of carboxylic acids is 1. The van der Waals surface area contributed by atoms with Crippen LogP contribution in [0.25, 0.3) is 0 Å². The molecule has 14 heavy (non-hydrogen) atoms. The Bertz CT molecular complexity index is 250. The second kappa shape index (κ2) is 5.30. The summed E-state index contributed by atoms with van der Waals surface area (Å²) in [6.45, 7) is 1.33. The number of carbonyl (C=O) groups excluding carboxylic acids is 2. The molecule has 0 fully saturated rings. The first-order chi connectivity index (χ1) is 6.34. The SMILES string of the molecule is C[C@H](N)C(=O)OC(=O)[C@@H](N)CC(=O)O. The Morgan fingerprint density at radius 2 is 1.79 bits per heavy atom. The molecule has 5 N–H and O–H groups in total. The van der Waals surface area contributed by atoms with Gasteiger partial charge in [0.05, 0.1) is 6.42 Å². The molecule has 0 radical (unpaired) electrons. The normalized spacial score (nSPS) is 14.2. The monoisotopic (exact) mass is 204 g/mol. The zero-order chi connectivity index (χ0) is 11.3. The third kappa shape index (κ3) is 4.53. The number of hydrogen-bond donors (Lipinski definition) is 3. The molecule has 0 aliphatic heterocycles. The van der Waals surface area contributed by atoms with Crippen molar-refractivity contribution in [2.75, 3.05) is 0 Å². The molecule has 0 rings (SSSR count). The molecular formula is C7H12N2O5. The Balaban J connectivity index is 4.08. The second-order valence-corrected chi connectivity index (χ2v) is 2.73. The van der Waals surface area contributed by atoms with E-state index in [1.165, 1.54) is 6.92 Å². The molecule has 0 aromatic rings. The van der Waals surface area contributed by atoms with Crippen LogP contribution < -0.4 is 11.5 Å². The molecule has 0 spiro atoms. The van der Waals surface area contributed by atoms with Gasteiger partial charge in [-0.15, -0.1) is 0 Å². The Morgan fingerprint density at radius 1 is 1.29 bits per heavy atom. The van der Waals surface area contributed by atoms with Gasteiger partial charge in [0.15, 0.2) is 0 Å². The average Bonchev–Trinajstić information content (AvgIpc) is 2.02. The fourth-order valence-corrected chi connectivity index (χ4v) is 0.539. The van der Waals surface area contributed by atoms with Gasteiger partial charge in [0.1, 0.15) is 12.1 Å². The second-order valence-electron chi connectivity index (χ2n) is 2.73. The number of esters is 2. The highest BCUT2D eigenvalue weighted by atomic mass is 16.6. The van der Waals surface area contributed by atoms with E-state index in [9.17, 15) is 14.4 Å². The van der Waals surface area contributed by atoms with E-state index in [-0.39, 0.29) is 0 Å². The summed E-state index contributed by atoms with van der Waals surface area (Å²) in [6, 6.07) is -2.30. The van der Waals surface area contributed by atoms with Crippen LogP contribution in [0.4, 0.5) is 0 Å². The fourth-order valence-electron chi connectivity index (χ4n) is 0.539. The predicted octanol–water partition coefficient (Wildman–Crippen LogP) is -1.79. The summed E-state index contributed by atoms with van der Waals surface area (Å²) in [5, 5.41) is 8.28. The van der Waals surface area contributed by atoms with Crippen LogP contribution in [0.1, 0.15) is 13.3 Å². The van der Waals surface area contributed by atoms with Gasteiger partial charge in [0, 0.05) is 0 Å². The van der Waals surface area contributed by atoms with Crippen LogP contribution >= 0.6 is 0 Å². The summed E-state index contributed by atoms with van der Waals surface area (Å²) >= 11 is 0. The quantitative estimate of drug-likeness (QED) is 0.363. The summed E-state index contributed by atoms with van der Waals surface area (Å²) in [5.74, 6) is -3.27. The molecule has 0 saturated heterocycles. The van der Waals surface area contributed by atoms with E-state index in [0.29, 0.717) is 0 Å². The molecule has 0 aliphatic carbocycles. The number of ether oxygens (including phenoxy) is 1. The lowest BCUT2D eigenvalue weighted by Crippen LogP contribution is -2.39. The van der Waals surface area contributed by atoms with E-state index in [4.69, 9.17) is 16.6 Å². The maximum Gasteiger partial charge on any atom is 0.331 e. The van der Waals surface area contributed by atoms with Gasteiger partial charge < -0.3 is 21.3 Å². The molecule has 0 aliphatic rings. The van der Waals surface area contributed by atoms with E-state index in [1.54, 1.807) is 0 Å². The lowest BCUT2D eigenvalue weighted by molar-refractivity contribution is -0.162. The van der Waals surface area contributed by atoms with Crippen LogP contribution in [-0.2, 0) is 19.1 Å². The number of rotatable bonds is 4. The molecular weight excluding hydrogens is 192 g/mol. The maximum atomic E-state index is 10.9. The standard InChI is InChI=1S/C7H12N2O5/c1-3(8)6(12)14-7(13)4(9)2-5(10)11/h3-4H,2,8-9H2,1H3,(H,10,11)/t3-,4-/m0/s1. The Labute approximate surface area is 80.0 Å². The number of hydrogen-bond acceptors (Lipinski definition) is 6. The smallest absolute Gasteiger partial charge is 0.331 e. The minimum atomic E-state index is -1.35. The molecule has 0 amide bonds. The van der Waals surface area contributed by atoms with E-state index >= 15 is 0 Å². The van der Waals surface area contributed by atoms with Crippen molar-refractivity contribution in [3.8, 4) is 0 Å². The highest BCUT2D eigenvalue weighted by Gasteiger charge is 2.22. The molecule has 80 valence electrons. The number of aliphatic carboxylic acids is 1.